The van der Waals surface area contributed by atoms with Crippen LogP contribution in [0.5, 0.6) is 0 Å². The zero-order chi connectivity index (χ0) is 15.6. The molecule has 2 aromatic rings. The van der Waals surface area contributed by atoms with Crippen molar-refractivity contribution in [3.8, 4) is 0 Å². The molecule has 0 bridgehead atoms. The Morgan fingerprint density at radius 1 is 1.14 bits per heavy atom. The van der Waals surface area contributed by atoms with Crippen LogP contribution in [-0.2, 0) is 10.0 Å². The van der Waals surface area contributed by atoms with E-state index in [0.717, 1.165) is 0 Å². The second-order valence-corrected chi connectivity index (χ2v) is 6.44. The highest BCUT2D eigenvalue weighted by atomic mass is 35.5. The molecule has 21 heavy (non-hydrogen) atoms. The first kappa shape index (κ1) is 15.7. The number of nitrogens with zero attached hydrogens (tertiary/aromatic N) is 2. The maximum Gasteiger partial charge on any atom is 0.263 e. The molecule has 2 rings (SSSR count). The highest BCUT2D eigenvalue weighted by molar-refractivity contribution is 7.92. The first-order valence-electron chi connectivity index (χ1n) is 5.62. The van der Waals surface area contributed by atoms with Gasteiger partial charge < -0.3 is 0 Å². The summed E-state index contributed by atoms with van der Waals surface area (Å²) in [5, 5.41) is -0.160. The van der Waals surface area contributed by atoms with Crippen molar-refractivity contribution in [2.24, 2.45) is 0 Å². The summed E-state index contributed by atoms with van der Waals surface area (Å²) in [6.45, 7) is 1.40. The molecular weight excluding hydrogens is 337 g/mol. The van der Waals surface area contributed by atoms with Gasteiger partial charge in [-0.1, -0.05) is 23.7 Å². The summed E-state index contributed by atoms with van der Waals surface area (Å²) in [4.78, 5) is 18.5. The van der Waals surface area contributed by atoms with Crippen LogP contribution in [0.2, 0.25) is 10.4 Å². The molecular formula is C12H9Cl2N3O3S. The van der Waals surface area contributed by atoms with Crippen LogP contribution in [0, 0.1) is 0 Å². The second kappa shape index (κ2) is 5.97. The number of carbonyl (C=O) groups is 1. The van der Waals surface area contributed by atoms with Crippen LogP contribution >= 0.6 is 23.2 Å². The molecule has 0 atom stereocenters. The van der Waals surface area contributed by atoms with Gasteiger partial charge in [-0.15, -0.1) is 0 Å². The van der Waals surface area contributed by atoms with E-state index in [-0.39, 0.29) is 26.9 Å². The Morgan fingerprint density at radius 2 is 1.76 bits per heavy atom. The third-order valence-corrected chi connectivity index (χ3v) is 4.21. The average Bonchev–Trinajstić information content (AvgIpc) is 2.37. The number of benzene rings is 1. The molecule has 0 unspecified atom stereocenters. The number of nitrogens with one attached hydrogen (secondary N) is 1. The molecule has 1 N–H and O–H groups in total. The van der Waals surface area contributed by atoms with Crippen molar-refractivity contribution in [3.05, 3.63) is 46.3 Å². The lowest BCUT2D eigenvalue weighted by atomic mass is 10.2. The lowest BCUT2D eigenvalue weighted by Gasteiger charge is -2.08. The minimum Gasteiger partial charge on any atom is -0.295 e. The van der Waals surface area contributed by atoms with E-state index < -0.39 is 10.0 Å². The zero-order valence-corrected chi connectivity index (χ0v) is 13.0. The lowest BCUT2D eigenvalue weighted by Crippen LogP contribution is -2.14. The SMILES string of the molecule is CC(=O)c1ccc(S(=O)(=O)Nc2cc(Cl)nc(Cl)n2)cc1. The van der Waals surface area contributed by atoms with Crippen LogP contribution < -0.4 is 4.72 Å². The van der Waals surface area contributed by atoms with E-state index in [1.165, 1.54) is 37.3 Å². The van der Waals surface area contributed by atoms with E-state index in [1.807, 2.05) is 0 Å². The summed E-state index contributed by atoms with van der Waals surface area (Å²) in [6.07, 6.45) is 0. The topological polar surface area (TPSA) is 89.0 Å². The van der Waals surface area contributed by atoms with Gasteiger partial charge in [-0.2, -0.15) is 4.98 Å². The predicted molar refractivity (Wildman–Crippen MR) is 79.3 cm³/mol. The van der Waals surface area contributed by atoms with Gasteiger partial charge in [0.2, 0.25) is 5.28 Å². The van der Waals surface area contributed by atoms with Crippen molar-refractivity contribution < 1.29 is 13.2 Å². The van der Waals surface area contributed by atoms with Crippen molar-refractivity contribution in [2.45, 2.75) is 11.8 Å². The maximum absolute atomic E-state index is 12.2. The minimum atomic E-state index is -3.86. The van der Waals surface area contributed by atoms with E-state index in [2.05, 4.69) is 14.7 Å². The van der Waals surface area contributed by atoms with Gasteiger partial charge in [-0.3, -0.25) is 9.52 Å². The van der Waals surface area contributed by atoms with Crippen molar-refractivity contribution in [3.63, 3.8) is 0 Å². The molecule has 0 aliphatic rings. The number of hydrogen-bond donors (Lipinski definition) is 1. The molecule has 1 heterocycles. The van der Waals surface area contributed by atoms with Crippen molar-refractivity contribution in [2.75, 3.05) is 4.72 Å². The number of aromatic nitrogens is 2. The Balaban J connectivity index is 2.31. The van der Waals surface area contributed by atoms with Crippen molar-refractivity contribution >= 4 is 44.8 Å². The fourth-order valence-electron chi connectivity index (χ4n) is 1.51. The monoisotopic (exact) mass is 345 g/mol. The quantitative estimate of drug-likeness (QED) is 0.522. The molecule has 0 amide bonds. The van der Waals surface area contributed by atoms with Crippen LogP contribution in [0.25, 0.3) is 0 Å². The van der Waals surface area contributed by atoms with Crippen LogP contribution in [0.4, 0.5) is 5.82 Å². The van der Waals surface area contributed by atoms with Gasteiger partial charge in [-0.05, 0) is 30.7 Å². The summed E-state index contributed by atoms with van der Waals surface area (Å²) >= 11 is 11.3. The summed E-state index contributed by atoms with van der Waals surface area (Å²) in [5.74, 6) is -0.197. The first-order chi connectivity index (χ1) is 9.78. The van der Waals surface area contributed by atoms with Crippen LogP contribution in [-0.4, -0.2) is 24.2 Å². The van der Waals surface area contributed by atoms with Gasteiger partial charge in [0.15, 0.2) is 5.78 Å². The third-order valence-electron chi connectivity index (χ3n) is 2.48. The highest BCUT2D eigenvalue weighted by Crippen LogP contribution is 2.19. The summed E-state index contributed by atoms with van der Waals surface area (Å²) in [7, 11) is -3.86. The third kappa shape index (κ3) is 3.90. The normalized spacial score (nSPS) is 11.2. The van der Waals surface area contributed by atoms with Crippen LogP contribution in [0.15, 0.2) is 35.2 Å². The molecule has 6 nitrogen and oxygen atoms in total. The summed E-state index contributed by atoms with van der Waals surface area (Å²) < 4.78 is 26.6. The number of halogens is 2. The van der Waals surface area contributed by atoms with E-state index >= 15 is 0 Å². The molecule has 0 aliphatic carbocycles. The Morgan fingerprint density at radius 3 is 2.29 bits per heavy atom. The van der Waals surface area contributed by atoms with Gasteiger partial charge in [-0.25, -0.2) is 13.4 Å². The Labute approximate surface area is 131 Å². The minimum absolute atomic E-state index is 0.0135. The maximum atomic E-state index is 12.2. The average molecular weight is 346 g/mol. The predicted octanol–water partition coefficient (Wildman–Crippen LogP) is 2.79. The zero-order valence-electron chi connectivity index (χ0n) is 10.7. The van der Waals surface area contributed by atoms with Gasteiger partial charge in [0.05, 0.1) is 4.90 Å². The molecule has 0 saturated heterocycles. The summed E-state index contributed by atoms with van der Waals surface area (Å²) in [5.41, 5.74) is 0.419. The number of sulfonamides is 1. The highest BCUT2D eigenvalue weighted by Gasteiger charge is 2.16. The standard InChI is InChI=1S/C12H9Cl2N3O3S/c1-7(18)8-2-4-9(5-3-8)21(19,20)17-11-6-10(13)15-12(14)16-11/h2-6H,1H3,(H,15,16,17). The molecule has 110 valence electrons. The van der Waals surface area contributed by atoms with E-state index in [0.29, 0.717) is 5.56 Å². The van der Waals surface area contributed by atoms with Crippen molar-refractivity contribution in [1.29, 1.82) is 0 Å². The van der Waals surface area contributed by atoms with E-state index in [9.17, 15) is 13.2 Å². The molecule has 0 fully saturated rings. The van der Waals surface area contributed by atoms with Gasteiger partial charge >= 0.3 is 0 Å². The van der Waals surface area contributed by atoms with Crippen LogP contribution in [0.1, 0.15) is 17.3 Å². The molecule has 9 heteroatoms. The summed E-state index contributed by atoms with van der Waals surface area (Å²) in [6, 6.07) is 6.73. The smallest absolute Gasteiger partial charge is 0.263 e. The molecule has 1 aromatic carbocycles. The molecule has 1 aromatic heterocycles. The number of Topliss-reactive ketones (excluding diaryl/α,β-unsaturated/α-hetero) is 1. The number of anilines is 1. The van der Waals surface area contributed by atoms with Gasteiger partial charge in [0, 0.05) is 11.6 Å². The Kier molecular flexibility index (Phi) is 4.46. The molecule has 0 saturated carbocycles. The van der Waals surface area contributed by atoms with Gasteiger partial charge in [0.1, 0.15) is 11.0 Å². The van der Waals surface area contributed by atoms with Crippen LogP contribution in [0.3, 0.4) is 0 Å². The van der Waals surface area contributed by atoms with Crippen molar-refractivity contribution in [1.82, 2.24) is 9.97 Å². The first-order valence-corrected chi connectivity index (χ1v) is 7.86. The number of ketones is 1. The lowest BCUT2D eigenvalue weighted by molar-refractivity contribution is 0.101. The number of rotatable bonds is 4. The molecule has 0 radical (unpaired) electrons. The van der Waals surface area contributed by atoms with Gasteiger partial charge in [0.25, 0.3) is 10.0 Å². The second-order valence-electron chi connectivity index (χ2n) is 4.03. The number of hydrogen-bond acceptors (Lipinski definition) is 5. The molecule has 0 aliphatic heterocycles. The number of carbonyl (C=O) groups excluding carboxylic acids is 1. The largest absolute Gasteiger partial charge is 0.295 e. The fraction of sp³-hybridized carbons (Fsp3) is 0.0833. The van der Waals surface area contributed by atoms with E-state index in [4.69, 9.17) is 23.2 Å². The molecule has 0 spiro atoms. The fourth-order valence-corrected chi connectivity index (χ4v) is 2.91. The Bertz CT molecular complexity index is 772. The Hall–Kier alpha value is -1.70. The van der Waals surface area contributed by atoms with E-state index in [1.54, 1.807) is 0 Å².